The summed E-state index contributed by atoms with van der Waals surface area (Å²) >= 11 is 0. The molecule has 2 N–H and O–H groups in total. The van der Waals surface area contributed by atoms with Crippen LogP contribution in [0.15, 0.2) is 36.4 Å². The molecule has 4 rings (SSSR count). The number of benzene rings is 2. The Morgan fingerprint density at radius 3 is 2.69 bits per heavy atom. The highest BCUT2D eigenvalue weighted by Gasteiger charge is 2.39. The van der Waals surface area contributed by atoms with Crippen LogP contribution in [0.1, 0.15) is 18.4 Å². The largest absolute Gasteiger partial charge is 0.368 e. The predicted molar refractivity (Wildman–Crippen MR) is 111 cm³/mol. The Morgan fingerprint density at radius 1 is 1.24 bits per heavy atom. The van der Waals surface area contributed by atoms with Gasteiger partial charge in [-0.05, 0) is 68.8 Å². The minimum absolute atomic E-state index is 0.115. The first kappa shape index (κ1) is 19.5. The van der Waals surface area contributed by atoms with E-state index in [1.165, 1.54) is 12.1 Å². The Balaban J connectivity index is 1.62. The van der Waals surface area contributed by atoms with E-state index in [9.17, 15) is 9.18 Å². The number of hydrogen-bond acceptors (Lipinski definition) is 4. The first-order valence-electron chi connectivity index (χ1n) is 9.74. The number of methoxy groups -OCH3 is 1. The van der Waals surface area contributed by atoms with Crippen molar-refractivity contribution in [3.8, 4) is 11.4 Å². The molecule has 0 radical (unpaired) electrons. The van der Waals surface area contributed by atoms with Crippen molar-refractivity contribution < 1.29 is 13.9 Å². The molecule has 2 aromatic carbocycles. The number of imidazole rings is 1. The average molecular weight is 396 g/mol. The summed E-state index contributed by atoms with van der Waals surface area (Å²) in [4.78, 5) is 17.5. The lowest BCUT2D eigenvalue weighted by atomic mass is 9.91. The molecule has 1 amide bonds. The molecule has 1 aliphatic heterocycles. The number of rotatable bonds is 4. The van der Waals surface area contributed by atoms with Gasteiger partial charge in [0, 0.05) is 31.5 Å². The molecule has 0 atom stereocenters. The quantitative estimate of drug-likeness (QED) is 0.709. The van der Waals surface area contributed by atoms with Crippen molar-refractivity contribution in [2.24, 2.45) is 7.05 Å². The number of fused-ring (bicyclic) bond motifs is 1. The highest BCUT2D eigenvalue weighted by Crippen LogP contribution is 2.29. The zero-order valence-electron chi connectivity index (χ0n) is 16.9. The Hall–Kier alpha value is -2.77. The van der Waals surface area contributed by atoms with Crippen LogP contribution in [0, 0.1) is 12.7 Å². The Kier molecular flexibility index (Phi) is 5.10. The van der Waals surface area contributed by atoms with Gasteiger partial charge in [0.2, 0.25) is 0 Å². The average Bonchev–Trinajstić information content (AvgIpc) is 3.05. The zero-order valence-corrected chi connectivity index (χ0v) is 16.9. The molecule has 1 aliphatic rings. The van der Waals surface area contributed by atoms with Gasteiger partial charge in [0.1, 0.15) is 17.2 Å². The number of halogens is 1. The van der Waals surface area contributed by atoms with Crippen LogP contribution in [0.5, 0.6) is 0 Å². The number of aryl methyl sites for hydroxylation is 2. The van der Waals surface area contributed by atoms with Crippen LogP contribution in [-0.2, 0) is 16.6 Å². The van der Waals surface area contributed by atoms with Crippen LogP contribution in [0.4, 0.5) is 10.1 Å². The van der Waals surface area contributed by atoms with E-state index in [1.807, 2.05) is 36.7 Å². The van der Waals surface area contributed by atoms with Crippen LogP contribution in [0.2, 0.25) is 0 Å². The topological polar surface area (TPSA) is 68.2 Å². The molecule has 152 valence electrons. The molecular formula is C22H25FN4O2. The third kappa shape index (κ3) is 3.52. The summed E-state index contributed by atoms with van der Waals surface area (Å²) < 4.78 is 21.1. The van der Waals surface area contributed by atoms with E-state index in [2.05, 4.69) is 15.6 Å². The van der Waals surface area contributed by atoms with Gasteiger partial charge in [-0.2, -0.15) is 0 Å². The molecule has 6 nitrogen and oxygen atoms in total. The number of nitrogens with zero attached hydrogens (tertiary/aromatic N) is 2. The lowest BCUT2D eigenvalue weighted by molar-refractivity contribution is -0.140. The standard InChI is InChI=1S/C22H25FN4O2/c1-14-12-15(20-25-18-13-16(23)5-7-19(18)27(20)2)4-6-17(14)26-21(28)22(29-3)8-10-24-11-9-22/h4-7,12-13,24H,8-11H2,1-3H3,(H,26,28). The number of ether oxygens (including phenoxy) is 1. The fourth-order valence-corrected chi connectivity index (χ4v) is 3.96. The number of aromatic nitrogens is 2. The number of piperidine rings is 1. The summed E-state index contributed by atoms with van der Waals surface area (Å²) in [5.41, 5.74) is 3.27. The van der Waals surface area contributed by atoms with Crippen molar-refractivity contribution >= 4 is 22.6 Å². The van der Waals surface area contributed by atoms with E-state index in [0.717, 1.165) is 41.2 Å². The molecule has 1 saturated heterocycles. The number of carbonyl (C=O) groups is 1. The van der Waals surface area contributed by atoms with Crippen molar-refractivity contribution in [3.63, 3.8) is 0 Å². The molecule has 1 aromatic heterocycles. The maximum absolute atomic E-state index is 13.5. The second-order valence-corrected chi connectivity index (χ2v) is 7.56. The van der Waals surface area contributed by atoms with Crippen molar-refractivity contribution in [3.05, 3.63) is 47.8 Å². The summed E-state index contributed by atoms with van der Waals surface area (Å²) in [5, 5.41) is 6.29. The van der Waals surface area contributed by atoms with E-state index in [0.29, 0.717) is 18.4 Å². The molecule has 1 fully saturated rings. The summed E-state index contributed by atoms with van der Waals surface area (Å²) in [6, 6.07) is 10.4. The Labute approximate surface area is 169 Å². The van der Waals surface area contributed by atoms with Crippen molar-refractivity contribution in [1.82, 2.24) is 14.9 Å². The second kappa shape index (κ2) is 7.57. The number of anilines is 1. The minimum Gasteiger partial charge on any atom is -0.368 e. The van der Waals surface area contributed by atoms with E-state index in [1.54, 1.807) is 13.2 Å². The molecule has 29 heavy (non-hydrogen) atoms. The van der Waals surface area contributed by atoms with Gasteiger partial charge >= 0.3 is 0 Å². The first-order valence-corrected chi connectivity index (χ1v) is 9.74. The lowest BCUT2D eigenvalue weighted by Crippen LogP contribution is -2.51. The SMILES string of the molecule is COC1(C(=O)Nc2ccc(-c3nc4cc(F)ccc4n3C)cc2C)CCNCC1. The van der Waals surface area contributed by atoms with Crippen LogP contribution in [0.3, 0.4) is 0 Å². The molecule has 2 heterocycles. The Bertz CT molecular complexity index is 1070. The van der Waals surface area contributed by atoms with Crippen LogP contribution in [0.25, 0.3) is 22.4 Å². The predicted octanol–water partition coefficient (Wildman–Crippen LogP) is 3.39. The Morgan fingerprint density at radius 2 is 2.00 bits per heavy atom. The number of amides is 1. The molecule has 3 aromatic rings. The summed E-state index contributed by atoms with van der Waals surface area (Å²) in [6.07, 6.45) is 1.28. The van der Waals surface area contributed by atoms with Crippen molar-refractivity contribution in [2.45, 2.75) is 25.4 Å². The van der Waals surface area contributed by atoms with Gasteiger partial charge in [0.25, 0.3) is 5.91 Å². The molecule has 0 unspecified atom stereocenters. The van der Waals surface area contributed by atoms with Crippen molar-refractivity contribution in [1.29, 1.82) is 0 Å². The summed E-state index contributed by atoms with van der Waals surface area (Å²) in [7, 11) is 3.50. The molecule has 0 bridgehead atoms. The molecule has 0 saturated carbocycles. The number of nitrogens with one attached hydrogen (secondary N) is 2. The molecule has 0 spiro atoms. The normalized spacial score (nSPS) is 16.1. The monoisotopic (exact) mass is 396 g/mol. The minimum atomic E-state index is -0.794. The second-order valence-electron chi connectivity index (χ2n) is 7.56. The number of carbonyl (C=O) groups excluding carboxylic acids is 1. The van der Waals surface area contributed by atoms with Gasteiger partial charge in [-0.25, -0.2) is 9.37 Å². The maximum Gasteiger partial charge on any atom is 0.256 e. The van der Waals surface area contributed by atoms with Crippen LogP contribution in [-0.4, -0.2) is 41.3 Å². The van der Waals surface area contributed by atoms with E-state index in [4.69, 9.17) is 4.74 Å². The maximum atomic E-state index is 13.5. The highest BCUT2D eigenvalue weighted by atomic mass is 19.1. The molecule has 0 aliphatic carbocycles. The number of hydrogen-bond donors (Lipinski definition) is 2. The lowest BCUT2D eigenvalue weighted by Gasteiger charge is -2.34. The van der Waals surface area contributed by atoms with Gasteiger partial charge in [-0.15, -0.1) is 0 Å². The molecule has 7 heteroatoms. The van der Waals surface area contributed by atoms with Gasteiger partial charge in [0.15, 0.2) is 0 Å². The van der Waals surface area contributed by atoms with Crippen LogP contribution >= 0.6 is 0 Å². The molecular weight excluding hydrogens is 371 g/mol. The smallest absolute Gasteiger partial charge is 0.256 e. The van der Waals surface area contributed by atoms with Crippen molar-refractivity contribution in [2.75, 3.05) is 25.5 Å². The van der Waals surface area contributed by atoms with E-state index in [-0.39, 0.29) is 11.7 Å². The first-order chi connectivity index (χ1) is 13.9. The summed E-state index contributed by atoms with van der Waals surface area (Å²) in [5.74, 6) is 0.329. The van der Waals surface area contributed by atoms with Crippen LogP contribution < -0.4 is 10.6 Å². The zero-order chi connectivity index (χ0) is 20.6. The fraction of sp³-hybridized carbons (Fsp3) is 0.364. The highest BCUT2D eigenvalue weighted by molar-refractivity contribution is 5.98. The van der Waals surface area contributed by atoms with E-state index < -0.39 is 5.60 Å². The van der Waals surface area contributed by atoms with Gasteiger partial charge in [0.05, 0.1) is 11.0 Å². The third-order valence-electron chi connectivity index (χ3n) is 5.79. The third-order valence-corrected chi connectivity index (χ3v) is 5.79. The van der Waals surface area contributed by atoms with E-state index >= 15 is 0 Å². The van der Waals surface area contributed by atoms with Gasteiger partial charge < -0.3 is 19.9 Å². The fourth-order valence-electron chi connectivity index (χ4n) is 3.96. The van der Waals surface area contributed by atoms with Gasteiger partial charge in [-0.3, -0.25) is 4.79 Å². The summed E-state index contributed by atoms with van der Waals surface area (Å²) in [6.45, 7) is 3.46. The van der Waals surface area contributed by atoms with Gasteiger partial charge in [-0.1, -0.05) is 0 Å².